The third-order valence-electron chi connectivity index (χ3n) is 1.76. The number of hydrogen-bond donors (Lipinski definition) is 1. The van der Waals surface area contributed by atoms with Gasteiger partial charge in [0.1, 0.15) is 6.61 Å². The number of halogens is 6. The van der Waals surface area contributed by atoms with Crippen molar-refractivity contribution >= 4 is 0 Å². The van der Waals surface area contributed by atoms with Crippen LogP contribution in [0.15, 0.2) is 0 Å². The Morgan fingerprint density at radius 3 is 2.12 bits per heavy atom. The van der Waals surface area contributed by atoms with Crippen LogP contribution in [0.5, 0.6) is 0 Å². The van der Waals surface area contributed by atoms with Crippen LogP contribution in [0.2, 0.25) is 0 Å². The van der Waals surface area contributed by atoms with E-state index in [0.29, 0.717) is 0 Å². The van der Waals surface area contributed by atoms with Crippen LogP contribution in [0.25, 0.3) is 0 Å². The van der Waals surface area contributed by atoms with Crippen LogP contribution in [0, 0.1) is 0 Å². The van der Waals surface area contributed by atoms with Crippen molar-refractivity contribution in [1.29, 1.82) is 0 Å². The molecule has 0 spiro atoms. The molecule has 0 fully saturated rings. The summed E-state index contributed by atoms with van der Waals surface area (Å²) >= 11 is 0. The van der Waals surface area contributed by atoms with Crippen molar-refractivity contribution in [3.63, 3.8) is 0 Å². The first kappa shape index (κ1) is 16.5. The fourth-order valence-electron chi connectivity index (χ4n) is 1.13. The summed E-state index contributed by atoms with van der Waals surface area (Å²) in [6.45, 7) is 0.0928. The number of ether oxygens (including phenoxy) is 1. The first-order chi connectivity index (χ1) is 7.60. The van der Waals surface area contributed by atoms with Crippen LogP contribution in [0.4, 0.5) is 26.3 Å². The van der Waals surface area contributed by atoms with Crippen molar-refractivity contribution in [2.75, 3.05) is 19.8 Å². The zero-order chi connectivity index (χ0) is 13.5. The van der Waals surface area contributed by atoms with Crippen LogP contribution in [-0.4, -0.2) is 38.2 Å². The maximum absolute atomic E-state index is 11.9. The molecule has 0 heterocycles. The van der Waals surface area contributed by atoms with E-state index in [-0.39, 0.29) is 19.6 Å². The van der Waals surface area contributed by atoms with Crippen molar-refractivity contribution in [3.8, 4) is 0 Å². The van der Waals surface area contributed by atoms with Gasteiger partial charge in [0.2, 0.25) is 0 Å². The van der Waals surface area contributed by atoms with E-state index in [1.165, 1.54) is 6.92 Å². The summed E-state index contributed by atoms with van der Waals surface area (Å²) in [6.07, 6.45) is -9.33. The maximum atomic E-state index is 11.9. The molecule has 0 rings (SSSR count). The molecule has 1 unspecified atom stereocenters. The summed E-state index contributed by atoms with van der Waals surface area (Å²) in [7, 11) is 0. The van der Waals surface area contributed by atoms with Gasteiger partial charge in [0.25, 0.3) is 0 Å². The van der Waals surface area contributed by atoms with E-state index >= 15 is 0 Å². The van der Waals surface area contributed by atoms with Crippen molar-refractivity contribution in [1.82, 2.24) is 5.32 Å². The minimum absolute atomic E-state index is 0.134. The van der Waals surface area contributed by atoms with Gasteiger partial charge in [0.05, 0.1) is 6.42 Å². The van der Waals surface area contributed by atoms with Gasteiger partial charge < -0.3 is 10.1 Å². The highest BCUT2D eigenvalue weighted by Crippen LogP contribution is 2.21. The Morgan fingerprint density at radius 1 is 1.06 bits per heavy atom. The minimum Gasteiger partial charge on any atom is -0.372 e. The van der Waals surface area contributed by atoms with Crippen molar-refractivity contribution in [3.05, 3.63) is 0 Å². The molecule has 1 N–H and O–H groups in total. The first-order valence-electron chi connectivity index (χ1n) is 5.05. The molecule has 1 atom stereocenters. The predicted molar refractivity (Wildman–Crippen MR) is 49.6 cm³/mol. The Morgan fingerprint density at radius 2 is 1.65 bits per heavy atom. The molecule has 17 heavy (non-hydrogen) atoms. The molecule has 0 aliphatic rings. The van der Waals surface area contributed by atoms with Gasteiger partial charge in [-0.3, -0.25) is 0 Å². The standard InChI is InChI=1S/C9H15F6NO/c1-7(5-8(10,11)12)16-3-2-4-17-6-9(13,14)15/h7,16H,2-6H2,1H3. The van der Waals surface area contributed by atoms with Gasteiger partial charge in [-0.1, -0.05) is 0 Å². The fraction of sp³-hybridized carbons (Fsp3) is 1.00. The Kier molecular flexibility index (Phi) is 6.84. The molecule has 8 heteroatoms. The van der Waals surface area contributed by atoms with Gasteiger partial charge in [-0.2, -0.15) is 26.3 Å². The topological polar surface area (TPSA) is 21.3 Å². The first-order valence-corrected chi connectivity index (χ1v) is 5.05. The Hall–Kier alpha value is -0.500. The van der Waals surface area contributed by atoms with Gasteiger partial charge in [-0.25, -0.2) is 0 Å². The Labute approximate surface area is 95.3 Å². The second kappa shape index (κ2) is 7.05. The summed E-state index contributed by atoms with van der Waals surface area (Å²) in [6, 6.07) is -0.752. The van der Waals surface area contributed by atoms with Crippen molar-refractivity contribution in [2.45, 2.75) is 38.2 Å². The molecule has 0 bridgehead atoms. The van der Waals surface area contributed by atoms with Crippen LogP contribution >= 0.6 is 0 Å². The van der Waals surface area contributed by atoms with E-state index in [1.807, 2.05) is 0 Å². The van der Waals surface area contributed by atoms with E-state index in [2.05, 4.69) is 10.1 Å². The molecule has 2 nitrogen and oxygen atoms in total. The quantitative estimate of drug-likeness (QED) is 0.565. The lowest BCUT2D eigenvalue weighted by molar-refractivity contribution is -0.174. The monoisotopic (exact) mass is 267 g/mol. The summed E-state index contributed by atoms with van der Waals surface area (Å²) < 4.78 is 74.8. The molecular weight excluding hydrogens is 252 g/mol. The van der Waals surface area contributed by atoms with Gasteiger partial charge in [-0.05, 0) is 19.9 Å². The largest absolute Gasteiger partial charge is 0.411 e. The van der Waals surface area contributed by atoms with Crippen LogP contribution in [0.3, 0.4) is 0 Å². The van der Waals surface area contributed by atoms with E-state index in [9.17, 15) is 26.3 Å². The average Bonchev–Trinajstić information content (AvgIpc) is 2.06. The van der Waals surface area contributed by atoms with E-state index in [0.717, 1.165) is 0 Å². The minimum atomic E-state index is -4.36. The number of rotatable bonds is 7. The second-order valence-corrected chi connectivity index (χ2v) is 3.70. The second-order valence-electron chi connectivity index (χ2n) is 3.70. The molecule has 0 saturated carbocycles. The molecular formula is C9H15F6NO. The average molecular weight is 267 g/mol. The number of nitrogens with one attached hydrogen (secondary N) is 1. The molecule has 0 aromatic carbocycles. The molecule has 0 saturated heterocycles. The zero-order valence-electron chi connectivity index (χ0n) is 9.29. The molecule has 0 aliphatic carbocycles. The van der Waals surface area contributed by atoms with Crippen molar-refractivity contribution < 1.29 is 31.1 Å². The van der Waals surface area contributed by atoms with Gasteiger partial charge in [-0.15, -0.1) is 0 Å². The van der Waals surface area contributed by atoms with Gasteiger partial charge in [0.15, 0.2) is 0 Å². The maximum Gasteiger partial charge on any atom is 0.411 e. The van der Waals surface area contributed by atoms with E-state index < -0.39 is 31.4 Å². The highest BCUT2D eigenvalue weighted by Gasteiger charge is 2.29. The van der Waals surface area contributed by atoms with Gasteiger partial charge >= 0.3 is 12.4 Å². The smallest absolute Gasteiger partial charge is 0.372 e. The SMILES string of the molecule is CC(CC(F)(F)F)NCCCOCC(F)(F)F. The lowest BCUT2D eigenvalue weighted by atomic mass is 10.2. The third-order valence-corrected chi connectivity index (χ3v) is 1.76. The molecule has 0 aromatic heterocycles. The van der Waals surface area contributed by atoms with Crippen LogP contribution < -0.4 is 5.32 Å². The Bertz CT molecular complexity index is 203. The molecule has 0 aliphatic heterocycles. The lowest BCUT2D eigenvalue weighted by Gasteiger charge is -2.15. The zero-order valence-corrected chi connectivity index (χ0v) is 9.29. The molecule has 0 amide bonds. The van der Waals surface area contributed by atoms with Crippen molar-refractivity contribution in [2.24, 2.45) is 0 Å². The normalized spacial score (nSPS) is 15.0. The summed E-state index contributed by atoms with van der Waals surface area (Å²) in [5.74, 6) is 0. The number of alkyl halides is 6. The Balaban J connectivity index is 3.40. The molecule has 104 valence electrons. The highest BCUT2D eigenvalue weighted by molar-refractivity contribution is 4.65. The molecule has 0 aromatic rings. The summed E-state index contributed by atoms with van der Waals surface area (Å²) in [4.78, 5) is 0. The summed E-state index contributed by atoms with van der Waals surface area (Å²) in [5.41, 5.74) is 0. The van der Waals surface area contributed by atoms with Crippen LogP contribution in [-0.2, 0) is 4.74 Å². The highest BCUT2D eigenvalue weighted by atomic mass is 19.4. The summed E-state index contributed by atoms with van der Waals surface area (Å²) in [5, 5.41) is 2.56. The van der Waals surface area contributed by atoms with Crippen LogP contribution in [0.1, 0.15) is 19.8 Å². The van der Waals surface area contributed by atoms with E-state index in [4.69, 9.17) is 0 Å². The fourth-order valence-corrected chi connectivity index (χ4v) is 1.13. The molecule has 0 radical (unpaired) electrons. The predicted octanol–water partition coefficient (Wildman–Crippen LogP) is 2.89. The van der Waals surface area contributed by atoms with Gasteiger partial charge in [0, 0.05) is 12.6 Å². The number of hydrogen-bond acceptors (Lipinski definition) is 2. The lowest BCUT2D eigenvalue weighted by Crippen LogP contribution is -2.32. The van der Waals surface area contributed by atoms with E-state index in [1.54, 1.807) is 0 Å². The third kappa shape index (κ3) is 13.4.